The number of aromatic nitrogens is 2. The molecular formula is C19H17FN4O4S. The van der Waals surface area contributed by atoms with Gasteiger partial charge in [-0.3, -0.25) is 10.0 Å². The average Bonchev–Trinajstić information content (AvgIpc) is 3.07. The summed E-state index contributed by atoms with van der Waals surface area (Å²) < 4.78 is 39.6. The average molecular weight is 416 g/mol. The molecule has 0 atom stereocenters. The summed E-state index contributed by atoms with van der Waals surface area (Å²) in [6, 6.07) is 13.8. The second kappa shape index (κ2) is 7.95. The number of halogens is 1. The molecule has 10 heteroatoms. The molecule has 2 aromatic carbocycles. The van der Waals surface area contributed by atoms with Gasteiger partial charge in [0.1, 0.15) is 16.4 Å². The van der Waals surface area contributed by atoms with Crippen LogP contribution in [0.15, 0.2) is 65.6 Å². The number of hydroxylamine groups is 2. The first-order valence-electron chi connectivity index (χ1n) is 8.30. The summed E-state index contributed by atoms with van der Waals surface area (Å²) in [5, 5.41) is 19.3. The number of carbonyl (C=O) groups excluding carboxylic acids is 1. The highest BCUT2D eigenvalue weighted by molar-refractivity contribution is 7.89. The maximum Gasteiger partial charge on any atom is 0.269 e. The zero-order valence-corrected chi connectivity index (χ0v) is 16.0. The van der Waals surface area contributed by atoms with Crippen LogP contribution in [0.5, 0.6) is 0 Å². The normalized spacial score (nSPS) is 11.7. The minimum absolute atomic E-state index is 0.106. The van der Waals surface area contributed by atoms with Crippen LogP contribution in [0.2, 0.25) is 0 Å². The molecule has 0 spiro atoms. The number of hydrogen-bond acceptors (Lipinski definition) is 5. The van der Waals surface area contributed by atoms with Crippen molar-refractivity contribution in [3.8, 4) is 16.9 Å². The standard InChI is InChI=1S/C19H17FN4O4S/c1-23(26)17(25)12-11-16-19(29(21,27)28)18(13-7-9-14(20)10-8-13)24(22-16)15-5-3-2-4-6-15/h2-12,26H,1H3,(H2,21,27,28). The maximum absolute atomic E-state index is 13.4. The van der Waals surface area contributed by atoms with Gasteiger partial charge < -0.3 is 0 Å². The minimum atomic E-state index is -4.29. The summed E-state index contributed by atoms with van der Waals surface area (Å²) in [6.07, 6.45) is 2.10. The number of likely N-dealkylation sites (N-methyl/N-ethyl adjacent to an activating group) is 1. The number of nitrogens with zero attached hydrogens (tertiary/aromatic N) is 3. The zero-order chi connectivity index (χ0) is 21.2. The van der Waals surface area contributed by atoms with Crippen molar-refractivity contribution < 1.29 is 22.8 Å². The third kappa shape index (κ3) is 4.40. The van der Waals surface area contributed by atoms with Gasteiger partial charge in [0, 0.05) is 18.7 Å². The van der Waals surface area contributed by atoms with Crippen LogP contribution in [0.1, 0.15) is 5.69 Å². The highest BCUT2D eigenvalue weighted by Crippen LogP contribution is 2.32. The van der Waals surface area contributed by atoms with Crippen molar-refractivity contribution in [2.45, 2.75) is 4.90 Å². The Morgan fingerprint density at radius 1 is 1.17 bits per heavy atom. The summed E-state index contributed by atoms with van der Waals surface area (Å²) in [5.41, 5.74) is 0.896. The Morgan fingerprint density at radius 2 is 1.79 bits per heavy atom. The van der Waals surface area contributed by atoms with E-state index in [0.717, 1.165) is 19.2 Å². The Kier molecular flexibility index (Phi) is 5.59. The van der Waals surface area contributed by atoms with E-state index in [0.29, 0.717) is 16.3 Å². The molecule has 0 aliphatic carbocycles. The summed E-state index contributed by atoms with van der Waals surface area (Å²) in [4.78, 5) is 11.3. The predicted octanol–water partition coefficient (Wildman–Crippen LogP) is 2.19. The van der Waals surface area contributed by atoms with Gasteiger partial charge in [0.15, 0.2) is 0 Å². The summed E-state index contributed by atoms with van der Waals surface area (Å²) in [5.74, 6) is -1.28. The van der Waals surface area contributed by atoms with Gasteiger partial charge in [-0.05, 0) is 42.5 Å². The molecule has 8 nitrogen and oxygen atoms in total. The lowest BCUT2D eigenvalue weighted by Gasteiger charge is -2.09. The first-order valence-corrected chi connectivity index (χ1v) is 9.85. The molecule has 0 unspecified atom stereocenters. The fourth-order valence-electron chi connectivity index (χ4n) is 2.69. The molecule has 150 valence electrons. The number of nitrogens with two attached hydrogens (primary N) is 1. The van der Waals surface area contributed by atoms with Crippen LogP contribution in [-0.4, -0.2) is 41.4 Å². The number of rotatable bonds is 5. The molecule has 0 fully saturated rings. The largest absolute Gasteiger partial charge is 0.286 e. The first kappa shape index (κ1) is 20.4. The van der Waals surface area contributed by atoms with Gasteiger partial charge in [0.2, 0.25) is 10.0 Å². The Morgan fingerprint density at radius 3 is 2.34 bits per heavy atom. The van der Waals surface area contributed by atoms with Crippen molar-refractivity contribution >= 4 is 22.0 Å². The molecule has 3 aromatic rings. The topological polar surface area (TPSA) is 119 Å². The zero-order valence-electron chi connectivity index (χ0n) is 15.2. The van der Waals surface area contributed by atoms with Gasteiger partial charge in [-0.2, -0.15) is 5.10 Å². The van der Waals surface area contributed by atoms with Crippen LogP contribution < -0.4 is 5.14 Å². The lowest BCUT2D eigenvalue weighted by atomic mass is 10.1. The van der Waals surface area contributed by atoms with Crippen LogP contribution in [0.3, 0.4) is 0 Å². The summed E-state index contributed by atoms with van der Waals surface area (Å²) in [6.45, 7) is 0. The Bertz CT molecular complexity index is 1170. The van der Waals surface area contributed by atoms with Crippen molar-refractivity contribution in [2.24, 2.45) is 5.14 Å². The number of benzene rings is 2. The van der Waals surface area contributed by atoms with Crippen molar-refractivity contribution in [3.63, 3.8) is 0 Å². The van der Waals surface area contributed by atoms with Gasteiger partial charge in [-0.25, -0.2) is 27.7 Å². The van der Waals surface area contributed by atoms with E-state index in [9.17, 15) is 22.8 Å². The third-order valence-corrected chi connectivity index (χ3v) is 4.94. The van der Waals surface area contributed by atoms with Crippen molar-refractivity contribution in [2.75, 3.05) is 7.05 Å². The second-order valence-corrected chi connectivity index (χ2v) is 7.56. The van der Waals surface area contributed by atoms with Crippen molar-refractivity contribution in [1.82, 2.24) is 14.8 Å². The van der Waals surface area contributed by atoms with Crippen LogP contribution in [-0.2, 0) is 14.8 Å². The van der Waals surface area contributed by atoms with E-state index in [2.05, 4.69) is 5.10 Å². The summed E-state index contributed by atoms with van der Waals surface area (Å²) >= 11 is 0. The molecule has 0 radical (unpaired) electrons. The number of para-hydroxylation sites is 1. The molecular weight excluding hydrogens is 399 g/mol. The molecule has 0 aliphatic heterocycles. The number of sulfonamides is 1. The van der Waals surface area contributed by atoms with E-state index < -0.39 is 21.7 Å². The van der Waals surface area contributed by atoms with Crippen LogP contribution in [0, 0.1) is 5.82 Å². The predicted molar refractivity (Wildman–Crippen MR) is 104 cm³/mol. The van der Waals surface area contributed by atoms with Crippen molar-refractivity contribution in [3.05, 3.63) is 72.2 Å². The molecule has 0 saturated heterocycles. The third-order valence-electron chi connectivity index (χ3n) is 3.97. The van der Waals surface area contributed by atoms with Crippen LogP contribution in [0.25, 0.3) is 23.0 Å². The molecule has 0 aliphatic rings. The molecule has 1 amide bonds. The number of carbonyl (C=O) groups is 1. The monoisotopic (exact) mass is 416 g/mol. The summed E-state index contributed by atoms with van der Waals surface area (Å²) in [7, 11) is -3.17. The molecule has 1 aromatic heterocycles. The molecule has 3 rings (SSSR count). The van der Waals surface area contributed by atoms with E-state index in [1.807, 2.05) is 0 Å². The Labute approximate surface area is 166 Å². The number of primary sulfonamides is 1. The fraction of sp³-hybridized carbons (Fsp3) is 0.0526. The lowest BCUT2D eigenvalue weighted by Crippen LogP contribution is -2.19. The second-order valence-electron chi connectivity index (χ2n) is 6.06. The van der Waals surface area contributed by atoms with Crippen molar-refractivity contribution in [1.29, 1.82) is 0 Å². The molecule has 1 heterocycles. The highest BCUT2D eigenvalue weighted by Gasteiger charge is 2.27. The van der Waals surface area contributed by atoms with Gasteiger partial charge >= 0.3 is 0 Å². The van der Waals surface area contributed by atoms with Gasteiger partial charge in [0.05, 0.1) is 11.4 Å². The van der Waals surface area contributed by atoms with E-state index in [4.69, 9.17) is 5.14 Å². The molecule has 29 heavy (non-hydrogen) atoms. The lowest BCUT2D eigenvalue weighted by molar-refractivity contribution is -0.153. The Balaban J connectivity index is 2.33. The molecule has 0 bridgehead atoms. The molecule has 3 N–H and O–H groups in total. The maximum atomic E-state index is 13.4. The van der Waals surface area contributed by atoms with Gasteiger partial charge in [0.25, 0.3) is 5.91 Å². The van der Waals surface area contributed by atoms with Gasteiger partial charge in [-0.1, -0.05) is 18.2 Å². The minimum Gasteiger partial charge on any atom is -0.286 e. The molecule has 0 saturated carbocycles. The highest BCUT2D eigenvalue weighted by atomic mass is 32.2. The SMILES string of the molecule is CN(O)C(=O)C=Cc1nn(-c2ccccc2)c(-c2ccc(F)cc2)c1S(N)(=O)=O. The first-order chi connectivity index (χ1) is 13.7. The quantitative estimate of drug-likeness (QED) is 0.375. The van der Waals surface area contributed by atoms with Crippen LogP contribution >= 0.6 is 0 Å². The van der Waals surface area contributed by atoms with Gasteiger partial charge in [-0.15, -0.1) is 0 Å². The number of hydrogen-bond donors (Lipinski definition) is 2. The van der Waals surface area contributed by atoms with E-state index in [1.165, 1.54) is 28.9 Å². The smallest absolute Gasteiger partial charge is 0.269 e. The van der Waals surface area contributed by atoms with Crippen LogP contribution in [0.4, 0.5) is 4.39 Å². The fourth-order valence-corrected chi connectivity index (χ4v) is 3.56. The van der Waals surface area contributed by atoms with E-state index >= 15 is 0 Å². The van der Waals surface area contributed by atoms with E-state index in [1.54, 1.807) is 30.3 Å². The Hall–Kier alpha value is -3.34. The van der Waals surface area contributed by atoms with E-state index in [-0.39, 0.29) is 16.3 Å². The number of amides is 1.